The third kappa shape index (κ3) is 5.47. The smallest absolute Gasteiger partial charge is 0.227 e. The van der Waals surface area contributed by atoms with Crippen molar-refractivity contribution in [2.45, 2.75) is 51.7 Å². The van der Waals surface area contributed by atoms with Gasteiger partial charge in [0.05, 0.1) is 17.2 Å². The molecule has 1 saturated heterocycles. The number of aliphatic hydroxyl groups is 1. The van der Waals surface area contributed by atoms with E-state index in [0.717, 1.165) is 88.3 Å². The van der Waals surface area contributed by atoms with Crippen molar-refractivity contribution < 1.29 is 14.3 Å². The van der Waals surface area contributed by atoms with Crippen LogP contribution < -0.4 is 5.32 Å². The molecule has 1 saturated carbocycles. The van der Waals surface area contributed by atoms with Crippen molar-refractivity contribution in [1.82, 2.24) is 24.8 Å². The van der Waals surface area contributed by atoms with E-state index in [4.69, 9.17) is 19.4 Å². The highest BCUT2D eigenvalue weighted by atomic mass is 16.3. The second-order valence-corrected chi connectivity index (χ2v) is 12.8. The molecule has 1 atom stereocenters. The van der Waals surface area contributed by atoms with Gasteiger partial charge in [-0.3, -0.25) is 14.7 Å². The second-order valence-electron chi connectivity index (χ2n) is 12.8. The van der Waals surface area contributed by atoms with E-state index in [1.807, 2.05) is 37.4 Å². The number of aliphatic hydroxyl groups excluding tert-OH is 1. The topological polar surface area (TPSA) is 141 Å². The Labute approximate surface area is 277 Å². The van der Waals surface area contributed by atoms with Crippen molar-refractivity contribution in [3.63, 3.8) is 0 Å². The number of nitrogens with one attached hydrogen (secondary N) is 1. The fourth-order valence-electron chi connectivity index (χ4n) is 6.66. The summed E-state index contributed by atoms with van der Waals surface area (Å²) in [7, 11) is 0. The van der Waals surface area contributed by atoms with Gasteiger partial charge in [-0.05, 0) is 91.3 Å². The van der Waals surface area contributed by atoms with Crippen LogP contribution in [0.25, 0.3) is 44.7 Å². The SMILES string of the molecule is Cc1c(Nc2nc(C3CC3)nc3cc(CN4CC[C@@H](O)C4)cnc23)cccc1-c1cccc(-c2nc3cc(C=O)cc(C#N)c3o2)c1C. The second kappa shape index (κ2) is 11.9. The Morgan fingerprint density at radius 2 is 1.79 bits per heavy atom. The molecule has 4 heterocycles. The Hall–Kier alpha value is -5.50. The molecule has 3 aromatic heterocycles. The first-order chi connectivity index (χ1) is 23.4. The van der Waals surface area contributed by atoms with E-state index in [9.17, 15) is 15.2 Å². The first kappa shape index (κ1) is 29.9. The summed E-state index contributed by atoms with van der Waals surface area (Å²) in [5.74, 6) is 2.29. The Kier molecular flexibility index (Phi) is 7.43. The zero-order chi connectivity index (χ0) is 32.9. The number of nitriles is 1. The zero-order valence-corrected chi connectivity index (χ0v) is 26.7. The molecule has 0 spiro atoms. The molecule has 2 fully saturated rings. The number of likely N-dealkylation sites (tertiary alicyclic amines) is 1. The van der Waals surface area contributed by atoms with Gasteiger partial charge in [0.15, 0.2) is 11.4 Å². The van der Waals surface area contributed by atoms with Crippen molar-refractivity contribution in [2.24, 2.45) is 0 Å². The Bertz CT molecular complexity index is 2290. The van der Waals surface area contributed by atoms with Gasteiger partial charge in [-0.1, -0.05) is 24.3 Å². The van der Waals surface area contributed by atoms with Crippen LogP contribution in [-0.2, 0) is 6.54 Å². The largest absolute Gasteiger partial charge is 0.435 e. The van der Waals surface area contributed by atoms with Crippen molar-refractivity contribution in [1.29, 1.82) is 5.26 Å². The van der Waals surface area contributed by atoms with Crippen LogP contribution >= 0.6 is 0 Å². The third-order valence-electron chi connectivity index (χ3n) is 9.42. The molecule has 1 aliphatic carbocycles. The Morgan fingerprint density at radius 1 is 1.00 bits per heavy atom. The van der Waals surface area contributed by atoms with E-state index in [0.29, 0.717) is 47.1 Å². The molecule has 0 bridgehead atoms. The van der Waals surface area contributed by atoms with Gasteiger partial charge in [-0.2, -0.15) is 5.26 Å². The maximum atomic E-state index is 11.4. The van der Waals surface area contributed by atoms with Crippen LogP contribution in [-0.4, -0.2) is 55.4 Å². The number of β-amino-alcohol motifs (C(OH)–C–C–N with tert-alkyl or cyclic N) is 1. The fourth-order valence-corrected chi connectivity index (χ4v) is 6.66. The molecule has 3 aromatic carbocycles. The van der Waals surface area contributed by atoms with Gasteiger partial charge >= 0.3 is 0 Å². The standard InChI is InChI=1S/C38H33N7O3/c1-21-28(5-3-7-30(21)38-43-33-14-23(20-46)13-26(16-39)35(33)48-38)29-6-4-8-31(22(29)2)41-37-34-32(42-36(44-37)25-9-10-25)15-24(17-40-34)18-45-12-11-27(47)19-45/h3-8,13-15,17,20,25,27,47H,9-12,18-19H2,1-2H3,(H,41,42,44)/t27-/m1/s1. The number of carbonyl (C=O) groups excluding carboxylic acids is 1. The normalized spacial score (nSPS) is 16.4. The highest BCUT2D eigenvalue weighted by Gasteiger charge is 2.28. The van der Waals surface area contributed by atoms with E-state index in [2.05, 4.69) is 46.4 Å². The summed E-state index contributed by atoms with van der Waals surface area (Å²) in [6, 6.07) is 19.5. The minimum absolute atomic E-state index is 0.263. The number of benzene rings is 3. The van der Waals surface area contributed by atoms with Gasteiger partial charge < -0.3 is 14.8 Å². The Morgan fingerprint density at radius 3 is 2.54 bits per heavy atom. The van der Waals surface area contributed by atoms with Crippen molar-refractivity contribution in [2.75, 3.05) is 18.4 Å². The number of pyridine rings is 1. The average molecular weight is 636 g/mol. The minimum atomic E-state index is -0.263. The number of hydrogen-bond acceptors (Lipinski definition) is 10. The van der Waals surface area contributed by atoms with Crippen LogP contribution in [0, 0.1) is 25.2 Å². The monoisotopic (exact) mass is 635 g/mol. The zero-order valence-electron chi connectivity index (χ0n) is 26.7. The molecule has 2 N–H and O–H groups in total. The van der Waals surface area contributed by atoms with Gasteiger partial charge in [0.2, 0.25) is 5.89 Å². The van der Waals surface area contributed by atoms with Crippen molar-refractivity contribution in [3.8, 4) is 28.7 Å². The summed E-state index contributed by atoms with van der Waals surface area (Å²) >= 11 is 0. The first-order valence-corrected chi connectivity index (χ1v) is 16.2. The number of carbonyl (C=O) groups is 1. The number of aldehydes is 1. The predicted molar refractivity (Wildman–Crippen MR) is 183 cm³/mol. The number of oxazole rings is 1. The number of nitrogens with zero attached hydrogens (tertiary/aromatic N) is 6. The summed E-state index contributed by atoms with van der Waals surface area (Å²) in [5, 5.41) is 23.2. The lowest BCUT2D eigenvalue weighted by Gasteiger charge is -2.17. The van der Waals surface area contributed by atoms with E-state index in [1.165, 1.54) is 6.07 Å². The number of rotatable bonds is 8. The lowest BCUT2D eigenvalue weighted by atomic mass is 9.93. The van der Waals surface area contributed by atoms with Crippen LogP contribution in [0.4, 0.5) is 11.5 Å². The fraction of sp³-hybridized carbons (Fsp3) is 0.263. The van der Waals surface area contributed by atoms with Crippen molar-refractivity contribution in [3.05, 3.63) is 94.4 Å². The molecule has 8 rings (SSSR count). The molecule has 6 aromatic rings. The number of aromatic nitrogens is 4. The maximum absolute atomic E-state index is 11.4. The average Bonchev–Trinajstić information content (AvgIpc) is 3.74. The van der Waals surface area contributed by atoms with Crippen LogP contribution in [0.2, 0.25) is 0 Å². The summed E-state index contributed by atoms with van der Waals surface area (Å²) in [5.41, 5.74) is 9.90. The summed E-state index contributed by atoms with van der Waals surface area (Å²) in [6.45, 7) is 6.41. The lowest BCUT2D eigenvalue weighted by molar-refractivity contribution is 0.112. The molecular formula is C38H33N7O3. The highest BCUT2D eigenvalue weighted by molar-refractivity contribution is 5.91. The number of fused-ring (bicyclic) bond motifs is 2. The molecule has 238 valence electrons. The molecule has 1 aliphatic heterocycles. The summed E-state index contributed by atoms with van der Waals surface area (Å²) < 4.78 is 6.11. The van der Waals surface area contributed by atoms with Crippen LogP contribution in [0.15, 0.2) is 65.2 Å². The first-order valence-electron chi connectivity index (χ1n) is 16.2. The van der Waals surface area contributed by atoms with Crippen LogP contribution in [0.3, 0.4) is 0 Å². The minimum Gasteiger partial charge on any atom is -0.435 e. The lowest BCUT2D eigenvalue weighted by Crippen LogP contribution is -2.21. The van der Waals surface area contributed by atoms with Crippen LogP contribution in [0.5, 0.6) is 0 Å². The van der Waals surface area contributed by atoms with Gasteiger partial charge in [-0.15, -0.1) is 0 Å². The molecule has 10 heteroatoms. The summed E-state index contributed by atoms with van der Waals surface area (Å²) in [6.07, 6.45) is 5.31. The third-order valence-corrected chi connectivity index (χ3v) is 9.42. The van der Waals surface area contributed by atoms with E-state index >= 15 is 0 Å². The van der Waals surface area contributed by atoms with Gasteiger partial charge in [0, 0.05) is 48.6 Å². The molecule has 0 unspecified atom stereocenters. The van der Waals surface area contributed by atoms with Gasteiger partial charge in [-0.25, -0.2) is 15.0 Å². The maximum Gasteiger partial charge on any atom is 0.227 e. The molecule has 10 nitrogen and oxygen atoms in total. The van der Waals surface area contributed by atoms with Crippen molar-refractivity contribution >= 4 is 39.9 Å². The van der Waals surface area contributed by atoms with Crippen LogP contribution in [0.1, 0.15) is 63.6 Å². The molecule has 0 radical (unpaired) electrons. The molecule has 0 amide bonds. The van der Waals surface area contributed by atoms with E-state index in [1.54, 1.807) is 6.07 Å². The number of anilines is 2. The highest BCUT2D eigenvalue weighted by Crippen LogP contribution is 2.41. The Balaban J connectivity index is 1.15. The van der Waals surface area contributed by atoms with E-state index in [-0.39, 0.29) is 11.7 Å². The predicted octanol–water partition coefficient (Wildman–Crippen LogP) is 6.99. The molecular weight excluding hydrogens is 602 g/mol. The quantitative estimate of drug-likeness (QED) is 0.168. The summed E-state index contributed by atoms with van der Waals surface area (Å²) in [4.78, 5) is 33.1. The van der Waals surface area contributed by atoms with Gasteiger partial charge in [0.25, 0.3) is 0 Å². The molecule has 48 heavy (non-hydrogen) atoms. The molecule has 2 aliphatic rings. The number of hydrogen-bond donors (Lipinski definition) is 2. The van der Waals surface area contributed by atoms with Gasteiger partial charge in [0.1, 0.15) is 29.2 Å². The van der Waals surface area contributed by atoms with E-state index < -0.39 is 0 Å².